The minimum atomic E-state index is -1.42. The minimum Gasteiger partial charge on any atom is -0.414 e. The molecule has 2 aliphatic rings. The summed E-state index contributed by atoms with van der Waals surface area (Å²) in [6.07, 6.45) is 9.65. The average molecular weight is 281 g/mol. The third-order valence-corrected chi connectivity index (χ3v) is 6.12. The Labute approximate surface area is 120 Å². The number of hydrogen-bond acceptors (Lipinski definition) is 1. The Morgan fingerprint density at radius 3 is 2.58 bits per heavy atom. The second-order valence-corrected chi connectivity index (χ2v) is 12.7. The molecule has 0 aliphatic heterocycles. The second kappa shape index (κ2) is 5.36. The molecule has 0 aromatic rings. The summed E-state index contributed by atoms with van der Waals surface area (Å²) in [6.45, 7) is 14.2. The lowest BCUT2D eigenvalue weighted by Gasteiger charge is -2.50. The fourth-order valence-corrected chi connectivity index (χ4v) is 5.13. The number of fused-ring (bicyclic) bond motifs is 1. The Hall–Kier alpha value is -0.0831. The fraction of sp³-hybridized carbons (Fsp3) is 0.882. The SMILES string of the molecule is CC(C)C1=CC[C@]2(C)CCC[C@@H](O[Si](C)(C)C)[C@H]2C1. The molecule has 0 saturated heterocycles. The highest BCUT2D eigenvalue weighted by molar-refractivity contribution is 6.69. The summed E-state index contributed by atoms with van der Waals surface area (Å²) in [6, 6.07) is 0. The van der Waals surface area contributed by atoms with E-state index < -0.39 is 8.32 Å². The molecule has 0 heterocycles. The molecule has 1 saturated carbocycles. The maximum Gasteiger partial charge on any atom is 0.184 e. The van der Waals surface area contributed by atoms with Crippen LogP contribution in [0.4, 0.5) is 0 Å². The highest BCUT2D eigenvalue weighted by Crippen LogP contribution is 2.51. The quantitative estimate of drug-likeness (QED) is 0.497. The zero-order valence-electron chi connectivity index (χ0n) is 13.8. The van der Waals surface area contributed by atoms with Crippen molar-refractivity contribution in [3.05, 3.63) is 11.6 Å². The Bertz CT molecular complexity index is 353. The van der Waals surface area contributed by atoms with Gasteiger partial charge in [0.1, 0.15) is 0 Å². The van der Waals surface area contributed by atoms with Gasteiger partial charge in [0, 0.05) is 6.10 Å². The molecule has 0 radical (unpaired) electrons. The molecule has 0 N–H and O–H groups in total. The molecule has 19 heavy (non-hydrogen) atoms. The molecule has 2 heteroatoms. The van der Waals surface area contributed by atoms with Crippen molar-refractivity contribution in [3.8, 4) is 0 Å². The van der Waals surface area contributed by atoms with Gasteiger partial charge in [0.05, 0.1) is 0 Å². The van der Waals surface area contributed by atoms with E-state index in [1.807, 2.05) is 0 Å². The summed E-state index contributed by atoms with van der Waals surface area (Å²) in [5, 5.41) is 0. The molecule has 2 aliphatic carbocycles. The maximum atomic E-state index is 6.55. The molecule has 0 aromatic carbocycles. The smallest absolute Gasteiger partial charge is 0.184 e. The highest BCUT2D eigenvalue weighted by atomic mass is 28.4. The lowest BCUT2D eigenvalue weighted by Crippen LogP contribution is -2.47. The van der Waals surface area contributed by atoms with Crippen molar-refractivity contribution in [2.24, 2.45) is 17.3 Å². The number of allylic oxidation sites excluding steroid dienone is 2. The van der Waals surface area contributed by atoms with E-state index in [2.05, 4.69) is 46.5 Å². The van der Waals surface area contributed by atoms with E-state index in [1.54, 1.807) is 5.57 Å². The summed E-state index contributed by atoms with van der Waals surface area (Å²) in [4.78, 5) is 0. The first-order valence-electron chi connectivity index (χ1n) is 8.08. The van der Waals surface area contributed by atoms with Crippen molar-refractivity contribution >= 4 is 8.32 Å². The highest BCUT2D eigenvalue weighted by Gasteiger charge is 2.45. The van der Waals surface area contributed by atoms with Gasteiger partial charge in [-0.1, -0.05) is 38.8 Å². The summed E-state index contributed by atoms with van der Waals surface area (Å²) < 4.78 is 6.55. The number of hydrogen-bond donors (Lipinski definition) is 0. The van der Waals surface area contributed by atoms with E-state index >= 15 is 0 Å². The minimum absolute atomic E-state index is 0.501. The first-order chi connectivity index (χ1) is 8.71. The molecule has 110 valence electrons. The fourth-order valence-electron chi connectivity index (χ4n) is 3.94. The van der Waals surface area contributed by atoms with Crippen LogP contribution in [0.1, 0.15) is 52.9 Å². The summed E-state index contributed by atoms with van der Waals surface area (Å²) >= 11 is 0. The van der Waals surface area contributed by atoms with Gasteiger partial charge in [-0.25, -0.2) is 0 Å². The zero-order valence-corrected chi connectivity index (χ0v) is 14.8. The normalized spacial score (nSPS) is 36.1. The van der Waals surface area contributed by atoms with Crippen LogP contribution in [0, 0.1) is 17.3 Å². The van der Waals surface area contributed by atoms with Gasteiger partial charge >= 0.3 is 0 Å². The second-order valence-electron chi connectivity index (χ2n) is 8.26. The first kappa shape index (κ1) is 15.3. The van der Waals surface area contributed by atoms with Gasteiger partial charge in [-0.2, -0.15) is 0 Å². The Morgan fingerprint density at radius 2 is 2.00 bits per heavy atom. The molecular formula is C17H32OSi. The van der Waals surface area contributed by atoms with Crippen LogP contribution in [0.2, 0.25) is 19.6 Å². The first-order valence-corrected chi connectivity index (χ1v) is 11.5. The van der Waals surface area contributed by atoms with E-state index in [1.165, 1.54) is 32.1 Å². The van der Waals surface area contributed by atoms with Gasteiger partial charge < -0.3 is 4.43 Å². The van der Waals surface area contributed by atoms with Crippen LogP contribution in [0.5, 0.6) is 0 Å². The van der Waals surface area contributed by atoms with Gasteiger partial charge in [0.25, 0.3) is 0 Å². The molecule has 0 aromatic heterocycles. The Kier molecular flexibility index (Phi) is 4.32. The monoisotopic (exact) mass is 280 g/mol. The Morgan fingerprint density at radius 1 is 1.32 bits per heavy atom. The topological polar surface area (TPSA) is 9.23 Å². The Balaban J connectivity index is 2.18. The van der Waals surface area contributed by atoms with Crippen LogP contribution in [0.15, 0.2) is 11.6 Å². The lowest BCUT2D eigenvalue weighted by molar-refractivity contribution is -0.0119. The van der Waals surface area contributed by atoms with Crippen molar-refractivity contribution in [3.63, 3.8) is 0 Å². The predicted octanol–water partition coefficient (Wildman–Crippen LogP) is 5.39. The van der Waals surface area contributed by atoms with E-state index in [0.717, 1.165) is 5.92 Å². The van der Waals surface area contributed by atoms with Gasteiger partial charge in [-0.3, -0.25) is 0 Å². The van der Waals surface area contributed by atoms with Gasteiger partial charge in [0.2, 0.25) is 0 Å². The van der Waals surface area contributed by atoms with E-state index in [-0.39, 0.29) is 0 Å². The van der Waals surface area contributed by atoms with Gasteiger partial charge in [-0.15, -0.1) is 0 Å². The molecule has 0 unspecified atom stereocenters. The molecule has 2 rings (SSSR count). The van der Waals surface area contributed by atoms with Gasteiger partial charge in [0.15, 0.2) is 8.32 Å². The van der Waals surface area contributed by atoms with Crippen molar-refractivity contribution in [1.82, 2.24) is 0 Å². The molecule has 1 fully saturated rings. The predicted molar refractivity (Wildman–Crippen MR) is 85.8 cm³/mol. The van der Waals surface area contributed by atoms with Crippen LogP contribution in [0.25, 0.3) is 0 Å². The van der Waals surface area contributed by atoms with Crippen molar-refractivity contribution in [2.75, 3.05) is 0 Å². The van der Waals surface area contributed by atoms with Crippen molar-refractivity contribution < 1.29 is 4.43 Å². The van der Waals surface area contributed by atoms with Crippen molar-refractivity contribution in [2.45, 2.75) is 78.6 Å². The largest absolute Gasteiger partial charge is 0.414 e. The third-order valence-electron chi connectivity index (χ3n) is 5.11. The van der Waals surface area contributed by atoms with Crippen LogP contribution in [-0.4, -0.2) is 14.4 Å². The average Bonchev–Trinajstić information content (AvgIpc) is 2.26. The van der Waals surface area contributed by atoms with Gasteiger partial charge in [-0.05, 0) is 62.6 Å². The summed E-state index contributed by atoms with van der Waals surface area (Å²) in [5.41, 5.74) is 2.18. The molecular weight excluding hydrogens is 248 g/mol. The zero-order chi connectivity index (χ0) is 14.3. The summed E-state index contributed by atoms with van der Waals surface area (Å²) in [5.74, 6) is 1.47. The molecule has 3 atom stereocenters. The van der Waals surface area contributed by atoms with E-state index in [4.69, 9.17) is 4.43 Å². The number of rotatable bonds is 3. The molecule has 0 bridgehead atoms. The third kappa shape index (κ3) is 3.52. The lowest BCUT2D eigenvalue weighted by atomic mass is 9.59. The summed E-state index contributed by atoms with van der Waals surface area (Å²) in [7, 11) is -1.42. The van der Waals surface area contributed by atoms with Crippen LogP contribution < -0.4 is 0 Å². The van der Waals surface area contributed by atoms with Crippen LogP contribution in [0.3, 0.4) is 0 Å². The molecule has 1 nitrogen and oxygen atoms in total. The van der Waals surface area contributed by atoms with Crippen LogP contribution >= 0.6 is 0 Å². The van der Waals surface area contributed by atoms with Crippen molar-refractivity contribution in [1.29, 1.82) is 0 Å². The van der Waals surface area contributed by atoms with E-state index in [0.29, 0.717) is 17.4 Å². The molecule has 0 spiro atoms. The molecule has 0 amide bonds. The van der Waals surface area contributed by atoms with Crippen LogP contribution in [-0.2, 0) is 4.43 Å². The maximum absolute atomic E-state index is 6.55. The standard InChI is InChI=1S/C17H32OSi/c1-13(2)14-9-11-17(3)10-7-8-16(15(17)12-14)18-19(4,5)6/h9,13,15-16H,7-8,10-12H2,1-6H3/t15-,16-,17+/m1/s1. The van der Waals surface area contributed by atoms with E-state index in [9.17, 15) is 0 Å².